The molecule has 1 saturated heterocycles. The maximum Gasteiger partial charge on any atom is 0.229 e. The molecule has 2 atom stereocenters. The van der Waals surface area contributed by atoms with E-state index in [-0.39, 0.29) is 23.8 Å². The number of halogens is 1. The van der Waals surface area contributed by atoms with Gasteiger partial charge in [-0.15, -0.1) is 0 Å². The summed E-state index contributed by atoms with van der Waals surface area (Å²) in [4.78, 5) is 28.1. The molecule has 0 aromatic heterocycles. The third kappa shape index (κ3) is 4.78. The van der Waals surface area contributed by atoms with Gasteiger partial charge in [0.25, 0.3) is 0 Å². The van der Waals surface area contributed by atoms with Gasteiger partial charge in [0.2, 0.25) is 11.8 Å². The summed E-state index contributed by atoms with van der Waals surface area (Å²) >= 11 is 6.13. The Morgan fingerprint density at radius 3 is 2.77 bits per heavy atom. The Labute approximate surface area is 183 Å². The van der Waals surface area contributed by atoms with Gasteiger partial charge in [-0.2, -0.15) is 0 Å². The van der Waals surface area contributed by atoms with Gasteiger partial charge in [-0.1, -0.05) is 49.2 Å². The summed E-state index contributed by atoms with van der Waals surface area (Å²) in [6.07, 6.45) is 2.72. The number of rotatable bonds is 7. The van der Waals surface area contributed by atoms with Crippen LogP contribution in [0.3, 0.4) is 0 Å². The van der Waals surface area contributed by atoms with Crippen LogP contribution in [0.2, 0.25) is 5.02 Å². The molecule has 5 nitrogen and oxygen atoms in total. The Morgan fingerprint density at radius 1 is 1.27 bits per heavy atom. The average Bonchev–Trinajstić information content (AvgIpc) is 2.75. The number of ether oxygens (including phenoxy) is 1. The topological polar surface area (TPSA) is 58.6 Å². The number of amides is 2. The number of hydrogen-bond donors (Lipinski definition) is 1. The van der Waals surface area contributed by atoms with Crippen molar-refractivity contribution in [3.8, 4) is 5.75 Å². The van der Waals surface area contributed by atoms with E-state index in [9.17, 15) is 9.59 Å². The van der Waals surface area contributed by atoms with Crippen LogP contribution in [0.5, 0.6) is 5.75 Å². The number of carbonyl (C=O) groups excluding carboxylic acids is 2. The van der Waals surface area contributed by atoms with E-state index in [1.807, 2.05) is 42.2 Å². The van der Waals surface area contributed by atoms with Gasteiger partial charge in [0.15, 0.2) is 0 Å². The van der Waals surface area contributed by atoms with Crippen LogP contribution in [0, 0.1) is 12.8 Å². The van der Waals surface area contributed by atoms with E-state index in [2.05, 4.69) is 12.2 Å². The first-order valence-corrected chi connectivity index (χ1v) is 10.8. The second-order valence-electron chi connectivity index (χ2n) is 7.72. The normalized spacial score (nSPS) is 18.9. The van der Waals surface area contributed by atoms with Crippen molar-refractivity contribution in [1.82, 2.24) is 4.90 Å². The van der Waals surface area contributed by atoms with Crippen molar-refractivity contribution < 1.29 is 14.3 Å². The molecule has 160 valence electrons. The summed E-state index contributed by atoms with van der Waals surface area (Å²) in [7, 11) is 1.62. The molecule has 2 aromatic carbocycles. The van der Waals surface area contributed by atoms with E-state index in [0.717, 1.165) is 24.0 Å². The Kier molecular flexibility index (Phi) is 7.38. The highest BCUT2D eigenvalue weighted by Crippen LogP contribution is 2.41. The van der Waals surface area contributed by atoms with Crippen molar-refractivity contribution in [3.05, 3.63) is 58.6 Å². The van der Waals surface area contributed by atoms with Crippen LogP contribution in [0.15, 0.2) is 42.5 Å². The second-order valence-corrected chi connectivity index (χ2v) is 8.16. The second kappa shape index (κ2) is 9.98. The van der Waals surface area contributed by atoms with E-state index in [4.69, 9.17) is 16.3 Å². The Bertz CT molecular complexity index is 915. The van der Waals surface area contributed by atoms with Crippen molar-refractivity contribution in [2.75, 3.05) is 19.0 Å². The molecule has 2 aromatic rings. The van der Waals surface area contributed by atoms with Gasteiger partial charge in [-0.05, 0) is 43.5 Å². The van der Waals surface area contributed by atoms with Crippen molar-refractivity contribution in [2.45, 2.75) is 45.6 Å². The van der Waals surface area contributed by atoms with Gasteiger partial charge in [-0.3, -0.25) is 9.59 Å². The van der Waals surface area contributed by atoms with E-state index in [1.165, 1.54) is 0 Å². The molecule has 0 radical (unpaired) electrons. The van der Waals surface area contributed by atoms with Gasteiger partial charge in [0.05, 0.1) is 19.1 Å². The zero-order valence-electron chi connectivity index (χ0n) is 17.8. The number of likely N-dealkylation sites (tertiary alicyclic amines) is 1. The molecular formula is C24H29ClN2O3. The molecule has 0 spiro atoms. The number of methoxy groups -OCH3 is 1. The Hall–Kier alpha value is -2.53. The third-order valence-electron chi connectivity index (χ3n) is 5.71. The minimum absolute atomic E-state index is 0.0855. The lowest BCUT2D eigenvalue weighted by Crippen LogP contribution is -2.47. The lowest BCUT2D eigenvalue weighted by atomic mass is 9.83. The average molecular weight is 429 g/mol. The number of unbranched alkanes of at least 4 members (excludes halogenated alkanes) is 1. The molecule has 2 amide bonds. The molecule has 1 fully saturated rings. The first kappa shape index (κ1) is 22.2. The van der Waals surface area contributed by atoms with Crippen LogP contribution < -0.4 is 10.1 Å². The first-order chi connectivity index (χ1) is 14.5. The molecule has 0 bridgehead atoms. The number of nitrogens with zero attached hydrogens (tertiary/aromatic N) is 1. The number of piperidine rings is 1. The molecule has 1 N–H and O–H groups in total. The first-order valence-electron chi connectivity index (χ1n) is 10.5. The summed E-state index contributed by atoms with van der Waals surface area (Å²) in [6.45, 7) is 4.65. The molecule has 1 aliphatic rings. The number of carbonyl (C=O) groups is 2. The van der Waals surface area contributed by atoms with Gasteiger partial charge < -0.3 is 15.0 Å². The summed E-state index contributed by atoms with van der Waals surface area (Å²) in [5, 5.41) is 3.62. The Morgan fingerprint density at radius 2 is 2.03 bits per heavy atom. The quantitative estimate of drug-likeness (QED) is 0.644. The maximum atomic E-state index is 13.4. The molecule has 1 heterocycles. The van der Waals surface area contributed by atoms with Crippen LogP contribution in [-0.4, -0.2) is 30.4 Å². The number of para-hydroxylation sites is 1. The maximum absolute atomic E-state index is 13.4. The van der Waals surface area contributed by atoms with Crippen LogP contribution >= 0.6 is 11.6 Å². The minimum Gasteiger partial charge on any atom is -0.496 e. The minimum atomic E-state index is -0.380. The molecule has 0 saturated carbocycles. The smallest absolute Gasteiger partial charge is 0.229 e. The molecule has 0 unspecified atom stereocenters. The van der Waals surface area contributed by atoms with E-state index in [1.54, 1.807) is 19.2 Å². The number of benzene rings is 2. The van der Waals surface area contributed by atoms with Crippen molar-refractivity contribution in [2.24, 2.45) is 5.92 Å². The van der Waals surface area contributed by atoms with Crippen LogP contribution in [-0.2, 0) is 9.59 Å². The van der Waals surface area contributed by atoms with Crippen LogP contribution in [0.25, 0.3) is 0 Å². The SMILES string of the molecule is CCCCN1C(=O)CC[C@@H](C(=O)Nc2cc(Cl)ccc2C)[C@H]1c1ccccc1OC. The van der Waals surface area contributed by atoms with Crippen molar-refractivity contribution >= 4 is 29.1 Å². The van der Waals surface area contributed by atoms with Gasteiger partial charge >= 0.3 is 0 Å². The number of nitrogens with one attached hydrogen (secondary N) is 1. The van der Waals surface area contributed by atoms with E-state index >= 15 is 0 Å². The standard InChI is InChI=1S/C24H29ClN2O3/c1-4-5-14-27-22(28)13-12-19(23(27)18-8-6-7-9-21(18)30-3)24(29)26-20-15-17(25)11-10-16(20)2/h6-11,15,19,23H,4-5,12-14H2,1-3H3,(H,26,29)/t19-,23-/m1/s1. The molecule has 0 aliphatic carbocycles. The largest absolute Gasteiger partial charge is 0.496 e. The van der Waals surface area contributed by atoms with Crippen LogP contribution in [0.4, 0.5) is 5.69 Å². The Balaban J connectivity index is 1.98. The molecular weight excluding hydrogens is 400 g/mol. The molecule has 6 heteroatoms. The van der Waals surface area contributed by atoms with E-state index in [0.29, 0.717) is 35.8 Å². The predicted octanol–water partition coefficient (Wildman–Crippen LogP) is 5.38. The molecule has 30 heavy (non-hydrogen) atoms. The summed E-state index contributed by atoms with van der Waals surface area (Å²) < 4.78 is 5.58. The fourth-order valence-corrected chi connectivity index (χ4v) is 4.24. The van der Waals surface area contributed by atoms with Gasteiger partial charge in [0.1, 0.15) is 5.75 Å². The molecule has 1 aliphatic heterocycles. The fourth-order valence-electron chi connectivity index (χ4n) is 4.07. The van der Waals surface area contributed by atoms with Crippen molar-refractivity contribution in [3.63, 3.8) is 0 Å². The highest BCUT2D eigenvalue weighted by atomic mass is 35.5. The van der Waals surface area contributed by atoms with Crippen molar-refractivity contribution in [1.29, 1.82) is 0 Å². The lowest BCUT2D eigenvalue weighted by Gasteiger charge is -2.41. The summed E-state index contributed by atoms with van der Waals surface area (Å²) in [5.74, 6) is 0.289. The van der Waals surface area contributed by atoms with Crippen LogP contribution in [0.1, 0.15) is 49.8 Å². The van der Waals surface area contributed by atoms with Gasteiger partial charge in [-0.25, -0.2) is 0 Å². The summed E-state index contributed by atoms with van der Waals surface area (Å²) in [6, 6.07) is 12.7. The predicted molar refractivity (Wildman–Crippen MR) is 120 cm³/mol. The fraction of sp³-hybridized carbons (Fsp3) is 0.417. The van der Waals surface area contributed by atoms with Gasteiger partial charge in [0, 0.05) is 29.2 Å². The highest BCUT2D eigenvalue weighted by Gasteiger charge is 2.41. The number of hydrogen-bond acceptors (Lipinski definition) is 3. The lowest BCUT2D eigenvalue weighted by molar-refractivity contribution is -0.142. The number of anilines is 1. The molecule has 3 rings (SSSR count). The van der Waals surface area contributed by atoms with E-state index < -0.39 is 0 Å². The zero-order chi connectivity index (χ0) is 21.7. The summed E-state index contributed by atoms with van der Waals surface area (Å²) in [5.41, 5.74) is 2.51. The number of aryl methyl sites for hydroxylation is 1. The third-order valence-corrected chi connectivity index (χ3v) is 5.95. The monoisotopic (exact) mass is 428 g/mol. The highest BCUT2D eigenvalue weighted by molar-refractivity contribution is 6.31. The zero-order valence-corrected chi connectivity index (χ0v) is 18.5.